The first kappa shape index (κ1) is 21.1. The van der Waals surface area contributed by atoms with Crippen LogP contribution >= 0.6 is 0 Å². The summed E-state index contributed by atoms with van der Waals surface area (Å²) in [6.45, 7) is 0.530. The molecule has 0 amide bonds. The molecule has 0 unspecified atom stereocenters. The lowest BCUT2D eigenvalue weighted by Gasteiger charge is -2.02. The second-order valence-corrected chi connectivity index (χ2v) is 6.42. The molecule has 1 aromatic carbocycles. The van der Waals surface area contributed by atoms with Gasteiger partial charge in [-0.3, -0.25) is 0 Å². The average molecular weight is 420 g/mol. The van der Waals surface area contributed by atoms with E-state index in [0.29, 0.717) is 6.54 Å². The van der Waals surface area contributed by atoms with Crippen molar-refractivity contribution in [2.45, 2.75) is 12.7 Å². The quantitative estimate of drug-likeness (QED) is 0.404. The minimum Gasteiger partial charge on any atom is -0.475 e. The standard InChI is InChI=1S/C17H18N6.C2HF3O2/c1-19-17-14-15(23(2)9-20-14)12-7-13(21-16(12)22-17)11-5-3-4-10(6-11)8-18;3-2(4,5)1(6)7/h3-7,9H,8,18H2,1-2H3,(H2,19,21,22);(H,6,7). The first-order valence-electron chi connectivity index (χ1n) is 8.76. The van der Waals surface area contributed by atoms with Crippen LogP contribution in [0.4, 0.5) is 19.0 Å². The zero-order valence-electron chi connectivity index (χ0n) is 16.1. The molecule has 3 aromatic heterocycles. The van der Waals surface area contributed by atoms with Gasteiger partial charge < -0.3 is 25.7 Å². The molecule has 4 aromatic rings. The molecule has 0 aliphatic carbocycles. The van der Waals surface area contributed by atoms with Crippen molar-refractivity contribution in [1.82, 2.24) is 19.5 Å². The van der Waals surface area contributed by atoms with E-state index in [1.807, 2.05) is 37.1 Å². The molecule has 0 aliphatic rings. The molecule has 0 fully saturated rings. The number of hydrogen-bond donors (Lipinski definition) is 4. The number of anilines is 1. The smallest absolute Gasteiger partial charge is 0.475 e. The normalized spacial score (nSPS) is 11.4. The Balaban J connectivity index is 0.000000318. The van der Waals surface area contributed by atoms with Crippen LogP contribution in [-0.4, -0.2) is 43.8 Å². The number of halogens is 3. The number of carbonyl (C=O) groups is 1. The van der Waals surface area contributed by atoms with Crippen LogP contribution in [-0.2, 0) is 18.4 Å². The highest BCUT2D eigenvalue weighted by Gasteiger charge is 2.38. The summed E-state index contributed by atoms with van der Waals surface area (Å²) in [6.07, 6.45) is -3.27. The van der Waals surface area contributed by atoms with Gasteiger partial charge in [-0.1, -0.05) is 18.2 Å². The summed E-state index contributed by atoms with van der Waals surface area (Å²) < 4.78 is 33.8. The number of aromatic nitrogens is 4. The van der Waals surface area contributed by atoms with Gasteiger partial charge in [-0.15, -0.1) is 0 Å². The molecule has 158 valence electrons. The number of alkyl halides is 3. The third-order valence-corrected chi connectivity index (χ3v) is 4.39. The molecule has 0 saturated heterocycles. The third-order valence-electron chi connectivity index (χ3n) is 4.39. The molecule has 4 rings (SSSR count). The van der Waals surface area contributed by atoms with Crippen molar-refractivity contribution in [2.24, 2.45) is 12.8 Å². The van der Waals surface area contributed by atoms with E-state index >= 15 is 0 Å². The van der Waals surface area contributed by atoms with Crippen molar-refractivity contribution in [2.75, 3.05) is 12.4 Å². The number of pyridine rings is 1. The van der Waals surface area contributed by atoms with E-state index < -0.39 is 12.1 Å². The summed E-state index contributed by atoms with van der Waals surface area (Å²) in [7, 11) is 3.85. The van der Waals surface area contributed by atoms with Crippen molar-refractivity contribution in [1.29, 1.82) is 0 Å². The fourth-order valence-electron chi connectivity index (χ4n) is 2.99. The fourth-order valence-corrected chi connectivity index (χ4v) is 2.99. The van der Waals surface area contributed by atoms with Crippen LogP contribution in [0.5, 0.6) is 0 Å². The van der Waals surface area contributed by atoms with Crippen LogP contribution in [0.3, 0.4) is 0 Å². The summed E-state index contributed by atoms with van der Waals surface area (Å²) in [5, 5.41) is 11.3. The van der Waals surface area contributed by atoms with Crippen LogP contribution < -0.4 is 11.1 Å². The molecule has 0 aliphatic heterocycles. The van der Waals surface area contributed by atoms with Gasteiger partial charge in [0.2, 0.25) is 0 Å². The van der Waals surface area contributed by atoms with Gasteiger partial charge in [0, 0.05) is 31.7 Å². The predicted octanol–water partition coefficient (Wildman–Crippen LogP) is 3.25. The lowest BCUT2D eigenvalue weighted by molar-refractivity contribution is -0.192. The van der Waals surface area contributed by atoms with Gasteiger partial charge in [-0.2, -0.15) is 13.2 Å². The lowest BCUT2D eigenvalue weighted by atomic mass is 10.1. The monoisotopic (exact) mass is 420 g/mol. The van der Waals surface area contributed by atoms with Crippen LogP contribution in [0.25, 0.3) is 33.3 Å². The number of aromatic amines is 1. The average Bonchev–Trinajstić information content (AvgIpc) is 3.30. The van der Waals surface area contributed by atoms with Crippen LogP contribution in [0.1, 0.15) is 5.56 Å². The topological polar surface area (TPSA) is 122 Å². The fraction of sp³-hybridized carbons (Fsp3) is 0.211. The number of benzene rings is 1. The number of imidazole rings is 1. The minimum absolute atomic E-state index is 0.530. The molecule has 0 spiro atoms. The molecule has 5 N–H and O–H groups in total. The zero-order chi connectivity index (χ0) is 22.1. The van der Waals surface area contributed by atoms with E-state index in [1.165, 1.54) is 0 Å². The Bertz CT molecular complexity index is 1210. The summed E-state index contributed by atoms with van der Waals surface area (Å²) in [4.78, 5) is 21.4. The maximum Gasteiger partial charge on any atom is 0.490 e. The van der Waals surface area contributed by atoms with E-state index in [2.05, 4.69) is 38.5 Å². The Morgan fingerprint density at radius 3 is 2.63 bits per heavy atom. The second-order valence-electron chi connectivity index (χ2n) is 6.42. The summed E-state index contributed by atoms with van der Waals surface area (Å²) in [6, 6.07) is 10.4. The predicted molar refractivity (Wildman–Crippen MR) is 107 cm³/mol. The van der Waals surface area contributed by atoms with E-state index in [-0.39, 0.29) is 0 Å². The Morgan fingerprint density at radius 1 is 1.33 bits per heavy atom. The number of nitrogens with zero attached hydrogens (tertiary/aromatic N) is 3. The van der Waals surface area contributed by atoms with E-state index in [4.69, 9.17) is 15.6 Å². The number of hydrogen-bond acceptors (Lipinski definition) is 5. The van der Waals surface area contributed by atoms with Crippen molar-refractivity contribution >= 4 is 33.9 Å². The molecule has 0 radical (unpaired) electrons. The molecule has 0 bridgehead atoms. The van der Waals surface area contributed by atoms with Gasteiger partial charge in [0.25, 0.3) is 0 Å². The molecule has 11 heteroatoms. The zero-order valence-corrected chi connectivity index (χ0v) is 16.1. The molecule has 0 saturated carbocycles. The molecule has 3 heterocycles. The third kappa shape index (κ3) is 4.06. The molecule has 0 atom stereocenters. The first-order valence-corrected chi connectivity index (χ1v) is 8.76. The number of aliphatic carboxylic acids is 1. The van der Waals surface area contributed by atoms with Gasteiger partial charge in [0.15, 0.2) is 5.82 Å². The maximum atomic E-state index is 10.6. The van der Waals surface area contributed by atoms with Crippen LogP contribution in [0.15, 0.2) is 36.7 Å². The number of H-pyrrole nitrogens is 1. The first-order chi connectivity index (χ1) is 14.2. The number of carboxylic acid groups (broad SMARTS) is 1. The van der Waals surface area contributed by atoms with Crippen LogP contribution in [0, 0.1) is 0 Å². The maximum absolute atomic E-state index is 10.6. The molecular formula is C19H19F3N6O2. The van der Waals surface area contributed by atoms with Crippen molar-refractivity contribution in [3.05, 3.63) is 42.2 Å². The highest BCUT2D eigenvalue weighted by atomic mass is 19.4. The molecule has 30 heavy (non-hydrogen) atoms. The van der Waals surface area contributed by atoms with Gasteiger partial charge in [-0.25, -0.2) is 14.8 Å². The van der Waals surface area contributed by atoms with Crippen molar-refractivity contribution in [3.63, 3.8) is 0 Å². The Morgan fingerprint density at radius 2 is 2.03 bits per heavy atom. The highest BCUT2D eigenvalue weighted by Crippen LogP contribution is 2.31. The molecular weight excluding hydrogens is 401 g/mol. The van der Waals surface area contributed by atoms with E-state index in [0.717, 1.165) is 44.7 Å². The Kier molecular flexibility index (Phi) is 5.65. The number of aryl methyl sites for hydroxylation is 1. The van der Waals surface area contributed by atoms with Crippen molar-refractivity contribution < 1.29 is 23.1 Å². The minimum atomic E-state index is -5.08. The van der Waals surface area contributed by atoms with Crippen molar-refractivity contribution in [3.8, 4) is 11.3 Å². The number of carboxylic acids is 1. The van der Waals surface area contributed by atoms with E-state index in [9.17, 15) is 13.2 Å². The van der Waals surface area contributed by atoms with E-state index in [1.54, 1.807) is 0 Å². The molecule has 8 nitrogen and oxygen atoms in total. The second kappa shape index (κ2) is 8.03. The summed E-state index contributed by atoms with van der Waals surface area (Å²) >= 11 is 0. The number of nitrogens with two attached hydrogens (primary N) is 1. The van der Waals surface area contributed by atoms with Gasteiger partial charge in [0.1, 0.15) is 11.2 Å². The van der Waals surface area contributed by atoms with Crippen LogP contribution in [0.2, 0.25) is 0 Å². The number of nitrogens with one attached hydrogen (secondary N) is 2. The lowest BCUT2D eigenvalue weighted by Crippen LogP contribution is -2.21. The largest absolute Gasteiger partial charge is 0.490 e. The number of fused-ring (bicyclic) bond motifs is 3. The van der Waals surface area contributed by atoms with Gasteiger partial charge >= 0.3 is 12.1 Å². The summed E-state index contributed by atoms with van der Waals surface area (Å²) in [5.41, 5.74) is 11.8. The summed E-state index contributed by atoms with van der Waals surface area (Å²) in [5.74, 6) is -1.98. The number of rotatable bonds is 3. The highest BCUT2D eigenvalue weighted by molar-refractivity contribution is 6.07. The van der Waals surface area contributed by atoms with Gasteiger partial charge in [0.05, 0.1) is 11.8 Å². The Hall–Kier alpha value is -3.60. The Labute approximate surface area is 168 Å². The SMILES string of the molecule is CNc1nc2[nH]c(-c3cccc(CN)c3)cc2c2c1ncn2C.O=C(O)C(F)(F)F. The van der Waals surface area contributed by atoms with Gasteiger partial charge in [-0.05, 0) is 23.3 Å².